The molecule has 2 heteroatoms. The highest BCUT2D eigenvalue weighted by Crippen LogP contribution is 2.14. The fourth-order valence-electron chi connectivity index (χ4n) is 1.42. The molecule has 0 aromatic rings. The highest BCUT2D eigenvalue weighted by molar-refractivity contribution is 4.49. The van der Waals surface area contributed by atoms with Crippen LogP contribution in [0.15, 0.2) is 0 Å². The van der Waals surface area contributed by atoms with Crippen molar-refractivity contribution in [3.63, 3.8) is 0 Å². The van der Waals surface area contributed by atoms with Gasteiger partial charge in [0.05, 0.1) is 26.7 Å². The Morgan fingerprint density at radius 3 is 1.89 bits per heavy atom. The summed E-state index contributed by atoms with van der Waals surface area (Å²) in [6.07, 6.45) is 2.90. The van der Waals surface area contributed by atoms with E-state index in [4.69, 9.17) is 0 Å². The van der Waals surface area contributed by atoms with Crippen molar-refractivity contribution in [2.24, 2.45) is 0 Å². The number of halogens is 1. The minimum atomic E-state index is 0. The van der Waals surface area contributed by atoms with Gasteiger partial charge in [0.1, 0.15) is 0 Å². The predicted octanol–water partition coefficient (Wildman–Crippen LogP) is -1.75. The molecule has 0 radical (unpaired) electrons. The molecule has 0 unspecified atom stereocenters. The van der Waals surface area contributed by atoms with Gasteiger partial charge in [-0.15, -0.1) is 0 Å². The molecule has 0 bridgehead atoms. The molecule has 0 aliphatic carbocycles. The molecule has 1 rings (SSSR count). The highest BCUT2D eigenvalue weighted by atomic mass is 79.9. The van der Waals surface area contributed by atoms with Crippen molar-refractivity contribution in [1.82, 2.24) is 0 Å². The highest BCUT2D eigenvalue weighted by Gasteiger charge is 2.23. The molecule has 0 saturated carbocycles. The van der Waals surface area contributed by atoms with Crippen LogP contribution in [0.1, 0.15) is 19.8 Å². The van der Waals surface area contributed by atoms with Crippen molar-refractivity contribution in [2.45, 2.75) is 19.8 Å². The van der Waals surface area contributed by atoms with Crippen molar-refractivity contribution < 1.29 is 21.5 Å². The van der Waals surface area contributed by atoms with Gasteiger partial charge in [-0.2, -0.15) is 0 Å². The quantitative estimate of drug-likeness (QED) is 0.434. The van der Waals surface area contributed by atoms with Gasteiger partial charge >= 0.3 is 0 Å². The maximum absolute atomic E-state index is 2.35. The largest absolute Gasteiger partial charge is 1.00 e. The van der Waals surface area contributed by atoms with Gasteiger partial charge in [-0.3, -0.25) is 0 Å². The van der Waals surface area contributed by atoms with Gasteiger partial charge in [-0.25, -0.2) is 0 Å². The number of quaternary nitrogens is 1. The average Bonchev–Trinajstić information content (AvgIpc) is 2.17. The molecule has 1 saturated heterocycles. The first kappa shape index (κ1) is 9.44. The Morgan fingerprint density at radius 2 is 1.67 bits per heavy atom. The Hall–Kier alpha value is 0.440. The lowest BCUT2D eigenvalue weighted by Gasteiger charge is -2.26. The zero-order valence-corrected chi connectivity index (χ0v) is 7.95. The molecule has 1 fully saturated rings. The molecule has 1 aliphatic heterocycles. The van der Waals surface area contributed by atoms with Gasteiger partial charge in [0.2, 0.25) is 0 Å². The van der Waals surface area contributed by atoms with Crippen molar-refractivity contribution >= 4 is 0 Å². The lowest BCUT2D eigenvalue weighted by Crippen LogP contribution is -3.00. The van der Waals surface area contributed by atoms with E-state index in [-0.39, 0.29) is 17.0 Å². The SMILES string of the molecule is CC[N+]1(C)CCCC1.[Br-]. The van der Waals surface area contributed by atoms with Gasteiger partial charge in [-0.05, 0) is 6.92 Å². The number of nitrogens with zero attached hydrogens (tertiary/aromatic N) is 1. The minimum Gasteiger partial charge on any atom is -1.00 e. The molecular weight excluding hydrogens is 178 g/mol. The van der Waals surface area contributed by atoms with Crippen LogP contribution in [0.3, 0.4) is 0 Å². The Kier molecular flexibility index (Phi) is 3.74. The molecule has 0 atom stereocenters. The van der Waals surface area contributed by atoms with E-state index in [1.165, 1.54) is 37.0 Å². The first-order chi connectivity index (χ1) is 3.77. The Balaban J connectivity index is 0.000000640. The summed E-state index contributed by atoms with van der Waals surface area (Å²) in [7, 11) is 2.35. The fraction of sp³-hybridized carbons (Fsp3) is 1.00. The van der Waals surface area contributed by atoms with Crippen LogP contribution in [0.5, 0.6) is 0 Å². The topological polar surface area (TPSA) is 0 Å². The first-order valence-electron chi connectivity index (χ1n) is 3.60. The van der Waals surface area contributed by atoms with Crippen molar-refractivity contribution in [1.29, 1.82) is 0 Å². The molecule has 9 heavy (non-hydrogen) atoms. The van der Waals surface area contributed by atoms with Crippen LogP contribution in [0.25, 0.3) is 0 Å². The van der Waals surface area contributed by atoms with Crippen LogP contribution >= 0.6 is 0 Å². The second-order valence-electron chi connectivity index (χ2n) is 3.09. The maximum atomic E-state index is 2.35. The number of hydrogen-bond acceptors (Lipinski definition) is 0. The van der Waals surface area contributed by atoms with E-state index in [2.05, 4.69) is 14.0 Å². The minimum absolute atomic E-state index is 0. The van der Waals surface area contributed by atoms with Gasteiger partial charge in [0.25, 0.3) is 0 Å². The Labute approximate surface area is 68.4 Å². The van der Waals surface area contributed by atoms with Gasteiger partial charge in [0.15, 0.2) is 0 Å². The van der Waals surface area contributed by atoms with E-state index < -0.39 is 0 Å². The third kappa shape index (κ3) is 2.26. The molecule has 0 aromatic heterocycles. The predicted molar refractivity (Wildman–Crippen MR) is 35.7 cm³/mol. The van der Waals surface area contributed by atoms with Crippen molar-refractivity contribution in [3.8, 4) is 0 Å². The molecule has 0 N–H and O–H groups in total. The zero-order valence-electron chi connectivity index (χ0n) is 6.36. The summed E-state index contributed by atoms with van der Waals surface area (Å²) in [5, 5.41) is 0. The van der Waals surface area contributed by atoms with Crippen molar-refractivity contribution in [3.05, 3.63) is 0 Å². The standard InChI is InChI=1S/C7H16N.BrH/c1-3-8(2)6-4-5-7-8;/h3-7H2,1-2H3;1H/q+1;/p-1. The lowest BCUT2D eigenvalue weighted by atomic mass is 10.4. The maximum Gasteiger partial charge on any atom is 0.0786 e. The summed E-state index contributed by atoms with van der Waals surface area (Å²) in [6, 6.07) is 0. The lowest BCUT2D eigenvalue weighted by molar-refractivity contribution is -0.895. The van der Waals surface area contributed by atoms with Gasteiger partial charge < -0.3 is 21.5 Å². The number of hydrogen-bond donors (Lipinski definition) is 0. The molecule has 0 amide bonds. The van der Waals surface area contributed by atoms with E-state index in [9.17, 15) is 0 Å². The second-order valence-corrected chi connectivity index (χ2v) is 3.09. The average molecular weight is 194 g/mol. The van der Waals surface area contributed by atoms with E-state index in [1.807, 2.05) is 0 Å². The molecule has 1 aliphatic rings. The molecule has 0 aromatic carbocycles. The Morgan fingerprint density at radius 1 is 1.22 bits per heavy atom. The second kappa shape index (κ2) is 3.57. The summed E-state index contributed by atoms with van der Waals surface area (Å²) in [5.74, 6) is 0. The van der Waals surface area contributed by atoms with E-state index in [0.717, 1.165) is 0 Å². The first-order valence-corrected chi connectivity index (χ1v) is 3.60. The molecular formula is C7H16BrN. The van der Waals surface area contributed by atoms with Gasteiger partial charge in [0, 0.05) is 12.8 Å². The van der Waals surface area contributed by atoms with Crippen LogP contribution in [0, 0.1) is 0 Å². The number of likely N-dealkylation sites (tertiary alicyclic amines) is 1. The summed E-state index contributed by atoms with van der Waals surface area (Å²) in [6.45, 7) is 6.43. The molecule has 1 nitrogen and oxygen atoms in total. The smallest absolute Gasteiger partial charge is 0.0786 e. The van der Waals surface area contributed by atoms with E-state index >= 15 is 0 Å². The summed E-state index contributed by atoms with van der Waals surface area (Å²) in [5.41, 5.74) is 0. The molecule has 56 valence electrons. The van der Waals surface area contributed by atoms with Crippen LogP contribution in [0.2, 0.25) is 0 Å². The summed E-state index contributed by atoms with van der Waals surface area (Å²) < 4.78 is 1.32. The summed E-state index contributed by atoms with van der Waals surface area (Å²) in [4.78, 5) is 0. The monoisotopic (exact) mass is 193 g/mol. The van der Waals surface area contributed by atoms with Crippen LogP contribution in [-0.2, 0) is 0 Å². The van der Waals surface area contributed by atoms with E-state index in [0.29, 0.717) is 0 Å². The van der Waals surface area contributed by atoms with Crippen molar-refractivity contribution in [2.75, 3.05) is 26.7 Å². The molecule has 0 spiro atoms. The Bertz CT molecular complexity index is 77.0. The summed E-state index contributed by atoms with van der Waals surface area (Å²) >= 11 is 0. The van der Waals surface area contributed by atoms with Crippen LogP contribution in [0.4, 0.5) is 0 Å². The van der Waals surface area contributed by atoms with E-state index in [1.54, 1.807) is 0 Å². The fourth-order valence-corrected chi connectivity index (χ4v) is 1.42. The van der Waals surface area contributed by atoms with Crippen LogP contribution < -0.4 is 17.0 Å². The normalized spacial score (nSPS) is 23.3. The molecule has 1 heterocycles. The van der Waals surface area contributed by atoms with Gasteiger partial charge in [-0.1, -0.05) is 0 Å². The number of rotatable bonds is 1. The zero-order chi connectivity index (χ0) is 6.04. The van der Waals surface area contributed by atoms with Crippen LogP contribution in [-0.4, -0.2) is 31.2 Å². The third-order valence-corrected chi connectivity index (χ3v) is 2.41. The third-order valence-electron chi connectivity index (χ3n) is 2.41.